The van der Waals surface area contributed by atoms with Crippen LogP contribution in [0.15, 0.2) is 35.0 Å². The number of benzene rings is 1. The zero-order valence-corrected chi connectivity index (χ0v) is 10.5. The first-order valence-electron chi connectivity index (χ1n) is 5.41. The van der Waals surface area contributed by atoms with Crippen LogP contribution >= 0.6 is 11.3 Å². The highest BCUT2D eigenvalue weighted by molar-refractivity contribution is 7.07. The predicted octanol–water partition coefficient (Wildman–Crippen LogP) is 2.98. The van der Waals surface area contributed by atoms with Crippen molar-refractivity contribution in [2.45, 2.75) is 13.1 Å². The second kappa shape index (κ2) is 5.29. The van der Waals surface area contributed by atoms with Gasteiger partial charge < -0.3 is 10.6 Å². The molecule has 2 nitrogen and oxygen atoms in total. The van der Waals surface area contributed by atoms with E-state index in [1.165, 1.54) is 17.7 Å². The third-order valence-electron chi connectivity index (χ3n) is 2.67. The zero-order valence-electron chi connectivity index (χ0n) is 9.69. The van der Waals surface area contributed by atoms with E-state index in [0.29, 0.717) is 6.54 Å². The van der Waals surface area contributed by atoms with Crippen molar-refractivity contribution >= 4 is 17.0 Å². The highest BCUT2D eigenvalue weighted by Gasteiger charge is 2.08. The lowest BCUT2D eigenvalue weighted by atomic mass is 10.1. The fourth-order valence-corrected chi connectivity index (χ4v) is 2.49. The van der Waals surface area contributed by atoms with E-state index < -0.39 is 0 Å². The van der Waals surface area contributed by atoms with Gasteiger partial charge >= 0.3 is 0 Å². The minimum absolute atomic E-state index is 0.238. The van der Waals surface area contributed by atoms with Crippen molar-refractivity contribution in [3.63, 3.8) is 0 Å². The maximum atomic E-state index is 13.1. The average Bonchev–Trinajstić information content (AvgIpc) is 2.81. The summed E-state index contributed by atoms with van der Waals surface area (Å²) in [6.07, 6.45) is 0. The smallest absolute Gasteiger partial charge is 0.123 e. The minimum Gasteiger partial charge on any atom is -0.370 e. The molecule has 90 valence electrons. The summed E-state index contributed by atoms with van der Waals surface area (Å²) >= 11 is 1.68. The highest BCUT2D eigenvalue weighted by Crippen LogP contribution is 2.22. The van der Waals surface area contributed by atoms with Crippen molar-refractivity contribution in [2.24, 2.45) is 5.73 Å². The van der Waals surface area contributed by atoms with E-state index in [1.54, 1.807) is 17.4 Å². The average molecular weight is 250 g/mol. The van der Waals surface area contributed by atoms with Crippen LogP contribution in [-0.4, -0.2) is 7.05 Å². The van der Waals surface area contributed by atoms with Gasteiger partial charge in [-0.1, -0.05) is 0 Å². The monoisotopic (exact) mass is 250 g/mol. The Bertz CT molecular complexity index is 482. The number of anilines is 1. The molecule has 0 bridgehead atoms. The Morgan fingerprint density at radius 2 is 2.18 bits per heavy atom. The number of halogens is 1. The van der Waals surface area contributed by atoms with Crippen LogP contribution in [0.25, 0.3) is 0 Å². The molecule has 0 saturated carbocycles. The Labute approximate surface area is 104 Å². The van der Waals surface area contributed by atoms with Gasteiger partial charge in [0.05, 0.1) is 0 Å². The summed E-state index contributed by atoms with van der Waals surface area (Å²) < 4.78 is 13.1. The molecular formula is C13H15FN2S. The Morgan fingerprint density at radius 3 is 2.82 bits per heavy atom. The molecule has 1 heterocycles. The van der Waals surface area contributed by atoms with Gasteiger partial charge in [0.15, 0.2) is 0 Å². The minimum atomic E-state index is -0.238. The maximum Gasteiger partial charge on any atom is 0.123 e. The van der Waals surface area contributed by atoms with E-state index in [0.717, 1.165) is 17.8 Å². The van der Waals surface area contributed by atoms with Crippen molar-refractivity contribution in [3.8, 4) is 0 Å². The molecule has 17 heavy (non-hydrogen) atoms. The lowest BCUT2D eigenvalue weighted by Gasteiger charge is -2.21. The van der Waals surface area contributed by atoms with Gasteiger partial charge in [0, 0.05) is 25.8 Å². The standard InChI is InChI=1S/C13H15FN2S/c1-16(8-10-4-5-17-9-10)13-3-2-12(14)6-11(13)7-15/h2-6,9H,7-8,15H2,1H3. The first-order valence-corrected chi connectivity index (χ1v) is 6.35. The van der Waals surface area contributed by atoms with Crippen molar-refractivity contribution in [2.75, 3.05) is 11.9 Å². The molecule has 0 unspecified atom stereocenters. The topological polar surface area (TPSA) is 29.3 Å². The second-order valence-corrected chi connectivity index (χ2v) is 4.74. The van der Waals surface area contributed by atoms with Gasteiger partial charge in [0.1, 0.15) is 5.82 Å². The number of hydrogen-bond donors (Lipinski definition) is 1. The van der Waals surface area contributed by atoms with Gasteiger partial charge in [-0.2, -0.15) is 11.3 Å². The molecule has 0 fully saturated rings. The lowest BCUT2D eigenvalue weighted by Crippen LogP contribution is -2.18. The van der Waals surface area contributed by atoms with Crippen LogP contribution in [0.5, 0.6) is 0 Å². The Hall–Kier alpha value is -1.39. The molecule has 2 rings (SSSR count). The summed E-state index contributed by atoms with van der Waals surface area (Å²) in [7, 11) is 1.99. The molecule has 0 aliphatic heterocycles. The number of nitrogens with two attached hydrogens (primary N) is 1. The summed E-state index contributed by atoms with van der Waals surface area (Å²) in [4.78, 5) is 2.09. The zero-order chi connectivity index (χ0) is 12.3. The molecule has 0 radical (unpaired) electrons. The van der Waals surface area contributed by atoms with Crippen LogP contribution in [0.1, 0.15) is 11.1 Å². The largest absolute Gasteiger partial charge is 0.370 e. The first kappa shape index (κ1) is 12.1. The maximum absolute atomic E-state index is 13.1. The molecule has 0 atom stereocenters. The first-order chi connectivity index (χ1) is 8.20. The van der Waals surface area contributed by atoms with Gasteiger partial charge in [-0.3, -0.25) is 0 Å². The Balaban J connectivity index is 2.21. The summed E-state index contributed by atoms with van der Waals surface area (Å²) in [6, 6.07) is 6.84. The molecule has 0 spiro atoms. The highest BCUT2D eigenvalue weighted by atomic mass is 32.1. The number of nitrogens with zero attached hydrogens (tertiary/aromatic N) is 1. The molecule has 0 aliphatic carbocycles. The summed E-state index contributed by atoms with van der Waals surface area (Å²) in [6.45, 7) is 1.16. The molecule has 4 heteroatoms. The van der Waals surface area contributed by atoms with Gasteiger partial charge in [-0.15, -0.1) is 0 Å². The quantitative estimate of drug-likeness (QED) is 0.904. The van der Waals surface area contributed by atoms with E-state index >= 15 is 0 Å². The summed E-state index contributed by atoms with van der Waals surface area (Å²) in [5.74, 6) is -0.238. The lowest BCUT2D eigenvalue weighted by molar-refractivity contribution is 0.625. The normalized spacial score (nSPS) is 10.5. The summed E-state index contributed by atoms with van der Waals surface area (Å²) in [5.41, 5.74) is 8.72. The van der Waals surface area contributed by atoms with Crippen LogP contribution in [-0.2, 0) is 13.1 Å². The molecular weight excluding hydrogens is 235 g/mol. The third-order valence-corrected chi connectivity index (χ3v) is 3.40. The Morgan fingerprint density at radius 1 is 1.35 bits per heavy atom. The molecule has 2 N–H and O–H groups in total. The third kappa shape index (κ3) is 2.84. The van der Waals surface area contributed by atoms with E-state index in [9.17, 15) is 4.39 Å². The van der Waals surface area contributed by atoms with Crippen LogP contribution in [0.3, 0.4) is 0 Å². The Kier molecular flexibility index (Phi) is 3.76. The van der Waals surface area contributed by atoms with Gasteiger partial charge in [0.25, 0.3) is 0 Å². The van der Waals surface area contributed by atoms with Crippen LogP contribution < -0.4 is 10.6 Å². The molecule has 0 saturated heterocycles. The van der Waals surface area contributed by atoms with E-state index in [2.05, 4.69) is 21.7 Å². The SMILES string of the molecule is CN(Cc1ccsc1)c1ccc(F)cc1CN. The van der Waals surface area contributed by atoms with Crippen molar-refractivity contribution in [1.82, 2.24) is 0 Å². The van der Waals surface area contributed by atoms with Crippen LogP contribution in [0.2, 0.25) is 0 Å². The second-order valence-electron chi connectivity index (χ2n) is 3.96. The molecule has 0 amide bonds. The number of rotatable bonds is 4. The van der Waals surface area contributed by atoms with E-state index in [4.69, 9.17) is 5.73 Å². The molecule has 2 aromatic rings. The fourth-order valence-electron chi connectivity index (χ4n) is 1.83. The van der Waals surface area contributed by atoms with E-state index in [-0.39, 0.29) is 5.82 Å². The predicted molar refractivity (Wildman–Crippen MR) is 70.7 cm³/mol. The van der Waals surface area contributed by atoms with E-state index in [1.807, 2.05) is 7.05 Å². The van der Waals surface area contributed by atoms with Gasteiger partial charge in [-0.05, 0) is 46.2 Å². The van der Waals surface area contributed by atoms with Gasteiger partial charge in [-0.25, -0.2) is 4.39 Å². The molecule has 0 aliphatic rings. The van der Waals surface area contributed by atoms with Gasteiger partial charge in [0.2, 0.25) is 0 Å². The van der Waals surface area contributed by atoms with Crippen molar-refractivity contribution in [1.29, 1.82) is 0 Å². The molecule has 1 aromatic carbocycles. The van der Waals surface area contributed by atoms with Crippen molar-refractivity contribution in [3.05, 3.63) is 52.0 Å². The van der Waals surface area contributed by atoms with Crippen LogP contribution in [0.4, 0.5) is 10.1 Å². The molecule has 1 aromatic heterocycles. The number of hydrogen-bond acceptors (Lipinski definition) is 3. The van der Waals surface area contributed by atoms with Crippen LogP contribution in [0, 0.1) is 5.82 Å². The van der Waals surface area contributed by atoms with Crippen molar-refractivity contribution < 1.29 is 4.39 Å². The summed E-state index contributed by atoms with van der Waals surface area (Å²) in [5, 5.41) is 4.17. The number of thiophene rings is 1. The fraction of sp³-hybridized carbons (Fsp3) is 0.231.